The molecule has 1 aromatic rings. The fourth-order valence-electron chi connectivity index (χ4n) is 3.47. The van der Waals surface area contributed by atoms with Gasteiger partial charge in [0.15, 0.2) is 6.17 Å². The van der Waals surface area contributed by atoms with Gasteiger partial charge < -0.3 is 19.6 Å². The molecule has 9 heteroatoms. The van der Waals surface area contributed by atoms with Crippen LogP contribution in [-0.4, -0.2) is 72.3 Å². The van der Waals surface area contributed by atoms with Crippen LogP contribution in [0.4, 0.5) is 19.0 Å². The van der Waals surface area contributed by atoms with Crippen molar-refractivity contribution in [3.05, 3.63) is 23.9 Å². The molecule has 3 unspecified atom stereocenters. The lowest BCUT2D eigenvalue weighted by Gasteiger charge is -2.36. The molecule has 0 saturated carbocycles. The van der Waals surface area contributed by atoms with Crippen molar-refractivity contribution in [3.63, 3.8) is 0 Å². The van der Waals surface area contributed by atoms with E-state index >= 15 is 0 Å². The Balaban J connectivity index is 1.48. The monoisotopic (exact) mass is 387 g/mol. The summed E-state index contributed by atoms with van der Waals surface area (Å²) in [7, 11) is 0. The molecule has 0 radical (unpaired) electrons. The Bertz CT molecular complexity index is 624. The molecule has 3 heterocycles. The quantitative estimate of drug-likeness (QED) is 0.808. The van der Waals surface area contributed by atoms with Gasteiger partial charge in [0.25, 0.3) is 6.43 Å². The summed E-state index contributed by atoms with van der Waals surface area (Å²) in [6.45, 7) is 2.17. The molecule has 0 bridgehead atoms. The molecule has 150 valence electrons. The number of hydrogen-bond acceptors (Lipinski definition) is 5. The first-order valence-electron chi connectivity index (χ1n) is 9.15. The van der Waals surface area contributed by atoms with E-state index in [2.05, 4.69) is 4.98 Å². The van der Waals surface area contributed by atoms with Gasteiger partial charge in [0.05, 0.1) is 25.2 Å². The van der Waals surface area contributed by atoms with E-state index in [0.717, 1.165) is 19.0 Å². The molecule has 2 saturated heterocycles. The first-order chi connectivity index (χ1) is 13.0. The van der Waals surface area contributed by atoms with E-state index in [0.29, 0.717) is 38.4 Å². The summed E-state index contributed by atoms with van der Waals surface area (Å²) in [6.07, 6.45) is -2.69. The smallest absolute Gasteiger partial charge is 0.273 e. The molecule has 0 aromatic carbocycles. The average Bonchev–Trinajstić information content (AvgIpc) is 3.15. The molecule has 27 heavy (non-hydrogen) atoms. The maximum Gasteiger partial charge on any atom is 0.273 e. The zero-order valence-electron chi connectivity index (χ0n) is 14.9. The molecule has 3 atom stereocenters. The standard InChI is InChI=1S/C18H24F3N3O3/c19-17(18(20)21)12-1-4-15(22-10-12)23-5-7-24(8-6-23)16(26)9-13-2-3-14(11-25)27-13/h1,4,10,13-14,17-18,25H,2-3,5-9,11H2. The first kappa shape index (κ1) is 19.9. The van der Waals surface area contributed by atoms with Crippen molar-refractivity contribution >= 4 is 11.7 Å². The molecular weight excluding hydrogens is 363 g/mol. The SMILES string of the molecule is O=C(CC1CCC(CO)O1)N1CCN(c2ccc(C(F)C(F)F)cn2)CC1. The number of halogens is 3. The summed E-state index contributed by atoms with van der Waals surface area (Å²) >= 11 is 0. The number of aromatic nitrogens is 1. The van der Waals surface area contributed by atoms with E-state index < -0.39 is 12.6 Å². The normalized spacial score (nSPS) is 24.5. The zero-order valence-corrected chi connectivity index (χ0v) is 14.9. The summed E-state index contributed by atoms with van der Waals surface area (Å²) in [5.74, 6) is 0.607. The molecule has 2 aliphatic rings. The fourth-order valence-corrected chi connectivity index (χ4v) is 3.47. The van der Waals surface area contributed by atoms with Gasteiger partial charge in [0, 0.05) is 37.9 Å². The van der Waals surface area contributed by atoms with Crippen LogP contribution in [0.5, 0.6) is 0 Å². The minimum atomic E-state index is -3.07. The van der Waals surface area contributed by atoms with Crippen LogP contribution in [0.25, 0.3) is 0 Å². The Morgan fingerprint density at radius 2 is 1.89 bits per heavy atom. The van der Waals surface area contributed by atoms with Gasteiger partial charge >= 0.3 is 0 Å². The largest absolute Gasteiger partial charge is 0.394 e. The number of piperazine rings is 1. The third kappa shape index (κ3) is 4.90. The van der Waals surface area contributed by atoms with Gasteiger partial charge in [0.1, 0.15) is 5.82 Å². The van der Waals surface area contributed by atoms with Crippen LogP contribution in [0.15, 0.2) is 18.3 Å². The third-order valence-electron chi connectivity index (χ3n) is 5.07. The second kappa shape index (κ2) is 8.88. The lowest BCUT2D eigenvalue weighted by Crippen LogP contribution is -2.49. The maximum atomic E-state index is 13.3. The van der Waals surface area contributed by atoms with Crippen LogP contribution in [0, 0.1) is 0 Å². The lowest BCUT2D eigenvalue weighted by atomic mass is 10.1. The molecule has 1 aromatic heterocycles. The van der Waals surface area contributed by atoms with E-state index in [4.69, 9.17) is 9.84 Å². The summed E-state index contributed by atoms with van der Waals surface area (Å²) in [6, 6.07) is 2.86. The second-order valence-corrected chi connectivity index (χ2v) is 6.90. The van der Waals surface area contributed by atoms with Crippen molar-refractivity contribution in [3.8, 4) is 0 Å². The minimum absolute atomic E-state index is 0.0182. The molecule has 1 amide bonds. The molecule has 1 N–H and O–H groups in total. The molecule has 0 aliphatic carbocycles. The number of aliphatic hydroxyl groups is 1. The van der Waals surface area contributed by atoms with Crippen LogP contribution < -0.4 is 4.90 Å². The third-order valence-corrected chi connectivity index (χ3v) is 5.07. The lowest BCUT2D eigenvalue weighted by molar-refractivity contribution is -0.134. The van der Waals surface area contributed by atoms with E-state index in [-0.39, 0.29) is 30.3 Å². The van der Waals surface area contributed by atoms with Gasteiger partial charge in [-0.25, -0.2) is 18.2 Å². The number of pyridine rings is 1. The number of amides is 1. The average molecular weight is 387 g/mol. The van der Waals surface area contributed by atoms with Crippen LogP contribution in [0.3, 0.4) is 0 Å². The van der Waals surface area contributed by atoms with Crippen LogP contribution in [-0.2, 0) is 9.53 Å². The number of ether oxygens (including phenoxy) is 1. The highest BCUT2D eigenvalue weighted by Crippen LogP contribution is 2.26. The highest BCUT2D eigenvalue weighted by atomic mass is 19.3. The Morgan fingerprint density at radius 1 is 1.19 bits per heavy atom. The number of hydrogen-bond donors (Lipinski definition) is 1. The van der Waals surface area contributed by atoms with Crippen molar-refractivity contribution < 1.29 is 27.8 Å². The fraction of sp³-hybridized carbons (Fsp3) is 0.667. The molecule has 6 nitrogen and oxygen atoms in total. The van der Waals surface area contributed by atoms with Crippen LogP contribution >= 0.6 is 0 Å². The van der Waals surface area contributed by atoms with Gasteiger partial charge in [-0.2, -0.15) is 0 Å². The number of carbonyl (C=O) groups is 1. The molecule has 2 fully saturated rings. The van der Waals surface area contributed by atoms with Crippen molar-refractivity contribution in [2.75, 3.05) is 37.7 Å². The van der Waals surface area contributed by atoms with E-state index in [1.165, 1.54) is 12.1 Å². The van der Waals surface area contributed by atoms with Gasteiger partial charge in [-0.1, -0.05) is 6.07 Å². The Labute approximate surface area is 155 Å². The van der Waals surface area contributed by atoms with Crippen LogP contribution in [0.2, 0.25) is 0 Å². The van der Waals surface area contributed by atoms with Gasteiger partial charge in [-0.3, -0.25) is 4.79 Å². The predicted molar refractivity (Wildman–Crippen MR) is 92.5 cm³/mol. The Hall–Kier alpha value is -1.87. The Kier molecular flexibility index (Phi) is 6.54. The molecule has 0 spiro atoms. The number of aliphatic hydroxyl groups excluding tert-OH is 1. The minimum Gasteiger partial charge on any atom is -0.394 e. The van der Waals surface area contributed by atoms with Gasteiger partial charge in [0.2, 0.25) is 5.91 Å². The van der Waals surface area contributed by atoms with E-state index in [9.17, 15) is 18.0 Å². The Morgan fingerprint density at radius 3 is 2.44 bits per heavy atom. The van der Waals surface area contributed by atoms with Crippen molar-refractivity contribution in [1.29, 1.82) is 0 Å². The molecule has 2 aliphatic heterocycles. The van der Waals surface area contributed by atoms with Crippen LogP contribution in [0.1, 0.15) is 31.0 Å². The zero-order chi connectivity index (χ0) is 19.4. The van der Waals surface area contributed by atoms with Crippen molar-refractivity contribution in [2.45, 2.75) is 44.1 Å². The predicted octanol–water partition coefficient (Wildman–Crippen LogP) is 1.94. The number of carbonyl (C=O) groups excluding carboxylic acids is 1. The van der Waals surface area contributed by atoms with E-state index in [1.807, 2.05) is 4.90 Å². The number of rotatable bonds is 6. The maximum absolute atomic E-state index is 13.3. The number of anilines is 1. The van der Waals surface area contributed by atoms with Gasteiger partial charge in [-0.15, -0.1) is 0 Å². The highest BCUT2D eigenvalue weighted by Gasteiger charge is 2.30. The summed E-state index contributed by atoms with van der Waals surface area (Å²) in [4.78, 5) is 20.2. The molecule has 3 rings (SSSR count). The van der Waals surface area contributed by atoms with Crippen molar-refractivity contribution in [1.82, 2.24) is 9.88 Å². The topological polar surface area (TPSA) is 65.9 Å². The van der Waals surface area contributed by atoms with Gasteiger partial charge in [-0.05, 0) is 18.9 Å². The summed E-state index contributed by atoms with van der Waals surface area (Å²) in [5, 5.41) is 9.09. The number of alkyl halides is 3. The van der Waals surface area contributed by atoms with Crippen molar-refractivity contribution in [2.24, 2.45) is 0 Å². The number of nitrogens with zero attached hydrogens (tertiary/aromatic N) is 3. The summed E-state index contributed by atoms with van der Waals surface area (Å²) < 4.78 is 43.7. The first-order valence-corrected chi connectivity index (χ1v) is 9.15. The highest BCUT2D eigenvalue weighted by molar-refractivity contribution is 5.77. The summed E-state index contributed by atoms with van der Waals surface area (Å²) in [5.41, 5.74) is -0.139. The second-order valence-electron chi connectivity index (χ2n) is 6.90. The van der Waals surface area contributed by atoms with E-state index in [1.54, 1.807) is 4.90 Å². The molecular formula is C18H24F3N3O3.